The molecule has 17 heteroatoms. The summed E-state index contributed by atoms with van der Waals surface area (Å²) in [6.07, 6.45) is 11.2. The Hall–Kier alpha value is -8.05. The standard InChI is InChI=1S/C33H41N5O3.C30H40N4O5/c1-41-32(40)29(11-5-9-25-18-21-38(22-19-25)33(34)35)30(17-12-24-7-3-2-4-8-24)37-31(39)27-15-13-26(14-16-27)28-10-6-20-36-23-28;1-5-39-30(37)33-21(3)34-15-7-9-23(19-34)17-27(29(36)38-4)20(2)32-28(35)25-13-11-24(12-14-25)26-10-6-8-22(16-26)18-31/h2-4,6-8,10,13-16,20,23,25,29-30H,5,9,11-12,17-19,21-22H2,1H3,(H3,34,35)(H,37,39);6,8,10-14,16,20,23,27H,3,5,7,9,15,17-19,31H2,1-2,4H3,(H,32,35)(H,33,37)/t29-,30-;20-,23?,27?/m11/s1. The van der Waals surface area contributed by atoms with Gasteiger partial charge in [-0.25, -0.2) is 4.79 Å². The van der Waals surface area contributed by atoms with Gasteiger partial charge in [-0.15, -0.1) is 0 Å². The molecule has 426 valence electrons. The first-order valence-electron chi connectivity index (χ1n) is 27.9. The third-order valence-corrected chi connectivity index (χ3v) is 15.2. The zero-order chi connectivity index (χ0) is 57.4. The topological polar surface area (TPSA) is 244 Å². The number of esters is 2. The van der Waals surface area contributed by atoms with E-state index in [9.17, 15) is 24.0 Å². The molecule has 0 spiro atoms. The molecule has 2 unspecified atom stereocenters. The maximum Gasteiger partial charge on any atom is 0.412 e. The molecule has 5 aromatic rings. The molecule has 0 aliphatic carbocycles. The normalized spacial score (nSPS) is 15.8. The summed E-state index contributed by atoms with van der Waals surface area (Å²) in [4.78, 5) is 72.1. The Morgan fingerprint density at radius 1 is 0.725 bits per heavy atom. The van der Waals surface area contributed by atoms with Crippen LogP contribution >= 0.6 is 0 Å². The Bertz CT molecular complexity index is 2790. The summed E-state index contributed by atoms with van der Waals surface area (Å²) >= 11 is 0. The smallest absolute Gasteiger partial charge is 0.412 e. The number of alkyl carbamates (subject to hydrolysis) is 1. The van der Waals surface area contributed by atoms with Gasteiger partial charge >= 0.3 is 18.0 Å². The lowest BCUT2D eigenvalue weighted by molar-refractivity contribution is -0.147. The van der Waals surface area contributed by atoms with Crippen LogP contribution in [-0.4, -0.2) is 110 Å². The Morgan fingerprint density at radius 3 is 1.96 bits per heavy atom. The maximum atomic E-state index is 13.4. The van der Waals surface area contributed by atoms with E-state index >= 15 is 0 Å². The van der Waals surface area contributed by atoms with Crippen molar-refractivity contribution in [1.29, 1.82) is 5.41 Å². The largest absolute Gasteiger partial charge is 0.469 e. The molecule has 4 aromatic carbocycles. The molecule has 2 aliphatic heterocycles. The fourth-order valence-corrected chi connectivity index (χ4v) is 10.6. The molecule has 0 bridgehead atoms. The van der Waals surface area contributed by atoms with E-state index in [4.69, 9.17) is 31.1 Å². The van der Waals surface area contributed by atoms with Crippen molar-refractivity contribution in [2.24, 2.45) is 35.1 Å². The van der Waals surface area contributed by atoms with Gasteiger partial charge in [0.1, 0.15) is 5.82 Å². The minimum atomic E-state index is -0.537. The number of pyridine rings is 1. The fraction of sp³-hybridized carbons (Fsp3) is 0.413. The second-order valence-electron chi connectivity index (χ2n) is 20.7. The van der Waals surface area contributed by atoms with Crippen molar-refractivity contribution in [2.45, 2.75) is 96.7 Å². The molecule has 5 atom stereocenters. The zero-order valence-corrected chi connectivity index (χ0v) is 46.9. The minimum absolute atomic E-state index is 0.137. The monoisotopic (exact) mass is 1090 g/mol. The van der Waals surface area contributed by atoms with E-state index < -0.39 is 24.0 Å². The van der Waals surface area contributed by atoms with E-state index in [1.54, 1.807) is 31.5 Å². The first kappa shape index (κ1) is 61.2. The predicted octanol–water partition coefficient (Wildman–Crippen LogP) is 9.08. The Balaban J connectivity index is 0.000000258. The van der Waals surface area contributed by atoms with Crippen molar-refractivity contribution in [3.05, 3.63) is 162 Å². The fourth-order valence-electron chi connectivity index (χ4n) is 10.6. The lowest BCUT2D eigenvalue weighted by Crippen LogP contribution is -2.45. The maximum absolute atomic E-state index is 13.4. The van der Waals surface area contributed by atoms with Gasteiger partial charge in [-0.3, -0.25) is 34.9 Å². The van der Waals surface area contributed by atoms with Crippen LogP contribution in [0.4, 0.5) is 4.79 Å². The predicted molar refractivity (Wildman–Crippen MR) is 312 cm³/mol. The van der Waals surface area contributed by atoms with Crippen LogP contribution in [0.1, 0.15) is 103 Å². The number of carbonyl (C=O) groups is 5. The van der Waals surface area contributed by atoms with Crippen LogP contribution in [0, 0.1) is 29.1 Å². The Labute approximate surface area is 471 Å². The molecule has 3 heterocycles. The molecular formula is C63H81N9O8. The molecule has 7 rings (SSSR count). The number of likely N-dealkylation sites (tertiary alicyclic amines) is 2. The van der Waals surface area contributed by atoms with E-state index in [0.29, 0.717) is 55.2 Å². The molecule has 0 radical (unpaired) electrons. The van der Waals surface area contributed by atoms with Gasteiger partial charge < -0.3 is 46.1 Å². The molecule has 80 heavy (non-hydrogen) atoms. The number of nitrogens with zero attached hydrogens (tertiary/aromatic N) is 3. The number of hydrogen-bond acceptors (Lipinski definition) is 12. The third-order valence-electron chi connectivity index (χ3n) is 15.2. The summed E-state index contributed by atoms with van der Waals surface area (Å²) in [6.45, 7) is 11.3. The minimum Gasteiger partial charge on any atom is -0.469 e. The van der Waals surface area contributed by atoms with Crippen molar-refractivity contribution in [2.75, 3.05) is 47.0 Å². The molecule has 17 nitrogen and oxygen atoms in total. The van der Waals surface area contributed by atoms with Crippen LogP contribution in [0.2, 0.25) is 0 Å². The molecule has 3 amide bonds. The van der Waals surface area contributed by atoms with Gasteiger partial charge in [0, 0.05) is 68.3 Å². The lowest BCUT2D eigenvalue weighted by atomic mass is 9.85. The zero-order valence-electron chi connectivity index (χ0n) is 46.9. The van der Waals surface area contributed by atoms with E-state index in [1.165, 1.54) is 14.2 Å². The van der Waals surface area contributed by atoms with Crippen molar-refractivity contribution in [3.8, 4) is 22.3 Å². The molecular weight excluding hydrogens is 1010 g/mol. The van der Waals surface area contributed by atoms with E-state index in [2.05, 4.69) is 39.6 Å². The number of ether oxygens (including phenoxy) is 3. The number of nitrogens with two attached hydrogens (primary N) is 2. The molecule has 2 aliphatic rings. The number of aromatic nitrogens is 1. The number of hydrogen-bond donors (Lipinski definition) is 6. The number of guanidine groups is 1. The quantitative estimate of drug-likeness (QED) is 0.0155. The number of aryl methyl sites for hydroxylation is 1. The van der Waals surface area contributed by atoms with Gasteiger partial charge in [0.2, 0.25) is 0 Å². The van der Waals surface area contributed by atoms with Crippen LogP contribution in [0.25, 0.3) is 22.3 Å². The van der Waals surface area contributed by atoms with E-state index in [0.717, 1.165) is 98.0 Å². The highest BCUT2D eigenvalue weighted by Gasteiger charge is 2.34. The number of carbonyl (C=O) groups excluding carboxylic acids is 5. The summed E-state index contributed by atoms with van der Waals surface area (Å²) in [5.41, 5.74) is 18.6. The number of piperidine rings is 2. The molecule has 2 fully saturated rings. The summed E-state index contributed by atoms with van der Waals surface area (Å²) in [6, 6.07) is 36.0. The second-order valence-corrected chi connectivity index (χ2v) is 20.7. The van der Waals surface area contributed by atoms with Crippen molar-refractivity contribution in [1.82, 2.24) is 30.7 Å². The van der Waals surface area contributed by atoms with Gasteiger partial charge in [-0.2, -0.15) is 0 Å². The van der Waals surface area contributed by atoms with Gasteiger partial charge in [0.05, 0.1) is 32.7 Å². The number of benzene rings is 4. The average Bonchev–Trinajstić information content (AvgIpc) is 3.49. The summed E-state index contributed by atoms with van der Waals surface area (Å²) in [7, 11) is 2.78. The SMILES string of the molecule is C=C(NC(=O)OCC)N1CCCC(CC(C(=O)OC)[C@@H](C)NC(=O)c2ccc(-c3cccc(CN)c3)cc2)C1.COC(=O)[C@H](CCCC1CCN(C(=N)N)CC1)[C@@H](CCc1ccccc1)NC(=O)c1ccc(-c2cccnc2)cc1. The molecule has 2 saturated heterocycles. The van der Waals surface area contributed by atoms with Gasteiger partial charge in [-0.1, -0.05) is 98.3 Å². The number of nitrogens with one attached hydrogen (secondary N) is 4. The average molecular weight is 1090 g/mol. The highest BCUT2D eigenvalue weighted by molar-refractivity contribution is 5.96. The van der Waals surface area contributed by atoms with Crippen molar-refractivity contribution >= 4 is 35.8 Å². The summed E-state index contributed by atoms with van der Waals surface area (Å²) in [5.74, 6) is -0.757. The van der Waals surface area contributed by atoms with Crippen LogP contribution < -0.4 is 27.4 Å². The Kier molecular flexibility index (Phi) is 24.1. The molecule has 0 saturated carbocycles. The van der Waals surface area contributed by atoms with E-state index in [1.807, 2.05) is 108 Å². The summed E-state index contributed by atoms with van der Waals surface area (Å²) < 4.78 is 15.3. The lowest BCUT2D eigenvalue weighted by Gasteiger charge is -2.37. The number of methoxy groups -OCH3 is 2. The second kappa shape index (κ2) is 31.5. The third kappa shape index (κ3) is 18.5. The first-order chi connectivity index (χ1) is 38.7. The van der Waals surface area contributed by atoms with E-state index in [-0.39, 0.29) is 48.3 Å². The molecule has 1 aromatic heterocycles. The summed E-state index contributed by atoms with van der Waals surface area (Å²) in [5, 5.41) is 16.5. The van der Waals surface area contributed by atoms with Crippen molar-refractivity contribution in [3.63, 3.8) is 0 Å². The van der Waals surface area contributed by atoms with Crippen LogP contribution in [0.5, 0.6) is 0 Å². The van der Waals surface area contributed by atoms with Crippen LogP contribution in [0.3, 0.4) is 0 Å². The molecule has 8 N–H and O–H groups in total. The van der Waals surface area contributed by atoms with Gasteiger partial charge in [-0.05, 0) is 147 Å². The number of rotatable bonds is 23. The highest BCUT2D eigenvalue weighted by Crippen LogP contribution is 2.30. The Morgan fingerprint density at radius 2 is 1.35 bits per heavy atom. The van der Waals surface area contributed by atoms with Crippen LogP contribution in [-0.2, 0) is 36.8 Å². The van der Waals surface area contributed by atoms with Crippen LogP contribution in [0.15, 0.2) is 140 Å². The highest BCUT2D eigenvalue weighted by atomic mass is 16.5. The van der Waals surface area contributed by atoms with Crippen molar-refractivity contribution < 1.29 is 38.2 Å². The van der Waals surface area contributed by atoms with Gasteiger partial charge in [0.15, 0.2) is 5.96 Å². The van der Waals surface area contributed by atoms with Gasteiger partial charge in [0.25, 0.3) is 11.8 Å². The number of amides is 3. The first-order valence-corrected chi connectivity index (χ1v) is 27.9.